The largest absolute Gasteiger partial charge is 0.354 e. The van der Waals surface area contributed by atoms with Gasteiger partial charge in [0.25, 0.3) is 0 Å². The molecule has 3 nitrogen and oxygen atoms in total. The highest BCUT2D eigenvalue weighted by Crippen LogP contribution is 2.24. The van der Waals surface area contributed by atoms with Gasteiger partial charge >= 0.3 is 0 Å². The Morgan fingerprint density at radius 1 is 0.947 bits per heavy atom. The van der Waals surface area contributed by atoms with Crippen molar-refractivity contribution in [1.29, 1.82) is 5.41 Å². The second-order valence-electron chi connectivity index (χ2n) is 5.68. The quantitative estimate of drug-likeness (QED) is 0.652. The van der Waals surface area contributed by atoms with Crippen molar-refractivity contribution in [2.45, 2.75) is 31.7 Å². The molecule has 1 aromatic carbocycles. The van der Waals surface area contributed by atoms with E-state index in [2.05, 4.69) is 9.80 Å². The van der Waals surface area contributed by atoms with E-state index in [1.54, 1.807) is 0 Å². The molecular formula is C16H23N3. The second-order valence-corrected chi connectivity index (χ2v) is 5.68. The fourth-order valence-corrected chi connectivity index (χ4v) is 3.36. The van der Waals surface area contributed by atoms with Crippen molar-refractivity contribution in [2.24, 2.45) is 0 Å². The van der Waals surface area contributed by atoms with E-state index >= 15 is 0 Å². The first-order chi connectivity index (χ1) is 9.34. The Morgan fingerprint density at radius 3 is 2.21 bits per heavy atom. The third-order valence-corrected chi connectivity index (χ3v) is 4.52. The lowest BCUT2D eigenvalue weighted by Crippen LogP contribution is -2.51. The molecule has 1 aliphatic heterocycles. The van der Waals surface area contributed by atoms with Crippen LogP contribution in [0.25, 0.3) is 0 Å². The van der Waals surface area contributed by atoms with E-state index in [0.29, 0.717) is 5.84 Å². The molecule has 102 valence electrons. The maximum absolute atomic E-state index is 8.31. The van der Waals surface area contributed by atoms with E-state index in [1.807, 2.05) is 30.3 Å². The molecule has 1 aromatic rings. The summed E-state index contributed by atoms with van der Waals surface area (Å²) in [6.07, 6.45) is 5.59. The summed E-state index contributed by atoms with van der Waals surface area (Å²) in [6.45, 7) is 4.26. The van der Waals surface area contributed by atoms with Crippen LogP contribution in [0.4, 0.5) is 0 Å². The lowest BCUT2D eigenvalue weighted by molar-refractivity contribution is 0.134. The van der Waals surface area contributed by atoms with E-state index in [4.69, 9.17) is 5.41 Å². The van der Waals surface area contributed by atoms with Crippen LogP contribution in [0.5, 0.6) is 0 Å². The molecule has 1 aliphatic carbocycles. The standard InChI is InChI=1S/C16H23N3/c17-16(14-6-2-1-3-7-14)19-12-10-18(11-13-19)15-8-4-5-9-15/h1-3,6-7,15,17H,4-5,8-13H2. The minimum atomic E-state index is 0.687. The van der Waals surface area contributed by atoms with Gasteiger partial charge in [-0.15, -0.1) is 0 Å². The monoisotopic (exact) mass is 257 g/mol. The topological polar surface area (TPSA) is 30.3 Å². The van der Waals surface area contributed by atoms with Crippen molar-refractivity contribution in [3.8, 4) is 0 Å². The van der Waals surface area contributed by atoms with Crippen molar-refractivity contribution in [3.05, 3.63) is 35.9 Å². The number of amidine groups is 1. The Kier molecular flexibility index (Phi) is 3.83. The van der Waals surface area contributed by atoms with Crippen molar-refractivity contribution in [2.75, 3.05) is 26.2 Å². The van der Waals surface area contributed by atoms with Crippen LogP contribution in [0.15, 0.2) is 30.3 Å². The van der Waals surface area contributed by atoms with Gasteiger partial charge < -0.3 is 4.90 Å². The molecule has 1 saturated carbocycles. The van der Waals surface area contributed by atoms with E-state index in [1.165, 1.54) is 25.7 Å². The lowest BCUT2D eigenvalue weighted by atomic mass is 10.1. The number of hydrogen-bond acceptors (Lipinski definition) is 2. The molecule has 3 rings (SSSR count). The van der Waals surface area contributed by atoms with Crippen molar-refractivity contribution in [1.82, 2.24) is 9.80 Å². The van der Waals surface area contributed by atoms with Gasteiger partial charge in [0.2, 0.25) is 0 Å². The van der Waals surface area contributed by atoms with Gasteiger partial charge in [0.1, 0.15) is 5.84 Å². The first-order valence-electron chi connectivity index (χ1n) is 7.47. The summed E-state index contributed by atoms with van der Waals surface area (Å²) in [4.78, 5) is 4.86. The van der Waals surface area contributed by atoms with Crippen LogP contribution in [0.3, 0.4) is 0 Å². The van der Waals surface area contributed by atoms with Gasteiger partial charge in [-0.05, 0) is 12.8 Å². The number of benzene rings is 1. The van der Waals surface area contributed by atoms with Gasteiger partial charge in [0.15, 0.2) is 0 Å². The lowest BCUT2D eigenvalue weighted by Gasteiger charge is -2.39. The molecule has 2 aliphatic rings. The fourth-order valence-electron chi connectivity index (χ4n) is 3.36. The minimum absolute atomic E-state index is 0.687. The van der Waals surface area contributed by atoms with Crippen LogP contribution in [0.2, 0.25) is 0 Å². The maximum Gasteiger partial charge on any atom is 0.128 e. The molecule has 2 fully saturated rings. The Hall–Kier alpha value is -1.35. The SMILES string of the molecule is N=C(c1ccccc1)N1CCN(C2CCCC2)CC1. The Morgan fingerprint density at radius 2 is 1.58 bits per heavy atom. The number of rotatable bonds is 2. The first kappa shape index (κ1) is 12.7. The van der Waals surface area contributed by atoms with Crippen molar-refractivity contribution >= 4 is 5.84 Å². The van der Waals surface area contributed by atoms with E-state index in [9.17, 15) is 0 Å². The Balaban J connectivity index is 1.56. The van der Waals surface area contributed by atoms with Crippen LogP contribution in [-0.2, 0) is 0 Å². The Labute approximate surface area is 115 Å². The van der Waals surface area contributed by atoms with E-state index in [0.717, 1.165) is 37.8 Å². The molecule has 1 saturated heterocycles. The smallest absolute Gasteiger partial charge is 0.128 e. The van der Waals surface area contributed by atoms with Gasteiger partial charge in [-0.2, -0.15) is 0 Å². The minimum Gasteiger partial charge on any atom is -0.354 e. The summed E-state index contributed by atoms with van der Waals surface area (Å²) in [5.74, 6) is 0.687. The summed E-state index contributed by atoms with van der Waals surface area (Å²) >= 11 is 0. The van der Waals surface area contributed by atoms with Crippen LogP contribution in [0, 0.1) is 5.41 Å². The normalized spacial score (nSPS) is 21.8. The summed E-state index contributed by atoms with van der Waals surface area (Å²) in [6, 6.07) is 10.9. The summed E-state index contributed by atoms with van der Waals surface area (Å²) in [7, 11) is 0. The molecule has 0 amide bonds. The predicted octanol–water partition coefficient (Wildman–Crippen LogP) is 2.57. The molecule has 0 bridgehead atoms. The van der Waals surface area contributed by atoms with Crippen LogP contribution in [-0.4, -0.2) is 47.9 Å². The number of nitrogens with zero attached hydrogens (tertiary/aromatic N) is 2. The van der Waals surface area contributed by atoms with Gasteiger partial charge in [-0.3, -0.25) is 10.3 Å². The molecule has 0 radical (unpaired) electrons. The van der Waals surface area contributed by atoms with E-state index < -0.39 is 0 Å². The van der Waals surface area contributed by atoms with Crippen LogP contribution < -0.4 is 0 Å². The predicted molar refractivity (Wildman–Crippen MR) is 78.7 cm³/mol. The molecule has 0 spiro atoms. The average molecular weight is 257 g/mol. The first-order valence-corrected chi connectivity index (χ1v) is 7.47. The highest BCUT2D eigenvalue weighted by molar-refractivity contribution is 5.96. The highest BCUT2D eigenvalue weighted by Gasteiger charge is 2.26. The molecular weight excluding hydrogens is 234 g/mol. The second kappa shape index (κ2) is 5.74. The van der Waals surface area contributed by atoms with E-state index in [-0.39, 0.29) is 0 Å². The zero-order valence-electron chi connectivity index (χ0n) is 11.5. The number of piperazine rings is 1. The van der Waals surface area contributed by atoms with Crippen molar-refractivity contribution < 1.29 is 0 Å². The van der Waals surface area contributed by atoms with Crippen molar-refractivity contribution in [3.63, 3.8) is 0 Å². The Bertz CT molecular complexity index is 415. The summed E-state index contributed by atoms with van der Waals surface area (Å²) in [5, 5.41) is 8.31. The molecule has 3 heteroatoms. The molecule has 1 heterocycles. The van der Waals surface area contributed by atoms with Crippen LogP contribution in [0.1, 0.15) is 31.2 Å². The number of hydrogen-bond donors (Lipinski definition) is 1. The maximum atomic E-state index is 8.31. The third-order valence-electron chi connectivity index (χ3n) is 4.52. The molecule has 0 unspecified atom stereocenters. The average Bonchev–Trinajstić information content (AvgIpc) is 3.02. The molecule has 0 atom stereocenters. The van der Waals surface area contributed by atoms with Gasteiger partial charge in [-0.1, -0.05) is 43.2 Å². The van der Waals surface area contributed by atoms with Gasteiger partial charge in [0, 0.05) is 37.8 Å². The molecule has 0 aromatic heterocycles. The zero-order chi connectivity index (χ0) is 13.1. The summed E-state index contributed by atoms with van der Waals surface area (Å²) in [5.41, 5.74) is 1.04. The van der Waals surface area contributed by atoms with Gasteiger partial charge in [0.05, 0.1) is 0 Å². The van der Waals surface area contributed by atoms with Gasteiger partial charge in [-0.25, -0.2) is 0 Å². The van der Waals surface area contributed by atoms with Crippen LogP contribution >= 0.6 is 0 Å². The fraction of sp³-hybridized carbons (Fsp3) is 0.562. The molecule has 19 heavy (non-hydrogen) atoms. The molecule has 1 N–H and O–H groups in total. The highest BCUT2D eigenvalue weighted by atomic mass is 15.3. The number of nitrogens with one attached hydrogen (secondary N) is 1. The summed E-state index contributed by atoms with van der Waals surface area (Å²) < 4.78 is 0. The zero-order valence-corrected chi connectivity index (χ0v) is 11.5. The third kappa shape index (κ3) is 2.81.